The first-order valence-electron chi connectivity index (χ1n) is 10.3. The van der Waals surface area contributed by atoms with Gasteiger partial charge in [-0.3, -0.25) is 9.59 Å². The van der Waals surface area contributed by atoms with Crippen LogP contribution in [0.15, 0.2) is 77.7 Å². The number of halogens is 1. The lowest BCUT2D eigenvalue weighted by atomic mass is 10.2. The molecule has 0 aliphatic carbocycles. The maximum atomic E-state index is 12.8. The van der Waals surface area contributed by atoms with Crippen molar-refractivity contribution in [2.45, 2.75) is 30.4 Å². The van der Waals surface area contributed by atoms with E-state index in [1.54, 1.807) is 24.3 Å². The third-order valence-corrected chi connectivity index (χ3v) is 6.47. The summed E-state index contributed by atoms with van der Waals surface area (Å²) < 4.78 is 5.48. The van der Waals surface area contributed by atoms with E-state index in [0.717, 1.165) is 10.5 Å². The number of carbonyl (C=O) groups excluding carboxylic acids is 2. The number of rotatable bonds is 9. The topological polar surface area (TPSA) is 67.4 Å². The Bertz CT molecular complexity index is 1080. The van der Waals surface area contributed by atoms with Crippen molar-refractivity contribution in [2.75, 3.05) is 17.2 Å². The van der Waals surface area contributed by atoms with Crippen LogP contribution >= 0.6 is 23.4 Å². The second-order valence-corrected chi connectivity index (χ2v) is 8.78. The number of benzene rings is 3. The molecule has 1 atom stereocenters. The number of carbonyl (C=O) groups is 2. The van der Waals surface area contributed by atoms with Crippen molar-refractivity contribution in [3.63, 3.8) is 0 Å². The first-order chi connectivity index (χ1) is 15.5. The molecule has 0 saturated carbocycles. The van der Waals surface area contributed by atoms with E-state index >= 15 is 0 Å². The summed E-state index contributed by atoms with van der Waals surface area (Å²) in [6.45, 7) is 3.76. The Morgan fingerprint density at radius 1 is 1.00 bits per heavy atom. The molecule has 7 heteroatoms. The molecular weight excluding hydrogens is 444 g/mol. The summed E-state index contributed by atoms with van der Waals surface area (Å²) in [7, 11) is 0. The van der Waals surface area contributed by atoms with Crippen molar-refractivity contribution in [1.29, 1.82) is 0 Å². The molecular formula is C25H25ClN2O3S. The van der Waals surface area contributed by atoms with Gasteiger partial charge in [0.2, 0.25) is 5.91 Å². The molecule has 166 valence electrons. The molecule has 0 spiro atoms. The average Bonchev–Trinajstić information content (AvgIpc) is 2.80. The summed E-state index contributed by atoms with van der Waals surface area (Å²) in [6, 6.07) is 22.0. The van der Waals surface area contributed by atoms with Crippen molar-refractivity contribution in [1.82, 2.24) is 0 Å². The molecule has 0 radical (unpaired) electrons. The zero-order valence-electron chi connectivity index (χ0n) is 17.9. The van der Waals surface area contributed by atoms with E-state index < -0.39 is 0 Å². The molecule has 2 N–H and O–H groups in total. The number of anilines is 2. The lowest BCUT2D eigenvalue weighted by molar-refractivity contribution is -0.118. The minimum Gasteiger partial charge on any atom is -0.484 e. The molecule has 3 aromatic carbocycles. The predicted octanol–water partition coefficient (Wildman–Crippen LogP) is 6.18. The molecule has 0 bridgehead atoms. The summed E-state index contributed by atoms with van der Waals surface area (Å²) in [5.74, 6) is 0.296. The molecule has 3 rings (SSSR count). The molecule has 5 nitrogen and oxygen atoms in total. The van der Waals surface area contributed by atoms with Crippen LogP contribution in [-0.2, 0) is 9.59 Å². The maximum Gasteiger partial charge on any atom is 0.262 e. The van der Waals surface area contributed by atoms with E-state index in [2.05, 4.69) is 10.6 Å². The van der Waals surface area contributed by atoms with E-state index in [4.69, 9.17) is 16.3 Å². The molecule has 3 aromatic rings. The van der Waals surface area contributed by atoms with Crippen LogP contribution in [-0.4, -0.2) is 23.7 Å². The van der Waals surface area contributed by atoms with Gasteiger partial charge in [0.1, 0.15) is 5.75 Å². The van der Waals surface area contributed by atoms with Gasteiger partial charge in [0.25, 0.3) is 5.91 Å². The van der Waals surface area contributed by atoms with Crippen molar-refractivity contribution in [2.24, 2.45) is 0 Å². The van der Waals surface area contributed by atoms with E-state index in [9.17, 15) is 9.59 Å². The molecule has 0 aromatic heterocycles. The van der Waals surface area contributed by atoms with Crippen molar-refractivity contribution < 1.29 is 14.3 Å². The highest BCUT2D eigenvalue weighted by Gasteiger charge is 2.19. The highest BCUT2D eigenvalue weighted by molar-refractivity contribution is 8.00. The van der Waals surface area contributed by atoms with Gasteiger partial charge in [0, 0.05) is 21.3 Å². The van der Waals surface area contributed by atoms with Crippen molar-refractivity contribution >= 4 is 46.6 Å². The maximum absolute atomic E-state index is 12.8. The first kappa shape index (κ1) is 23.7. The Labute approximate surface area is 197 Å². The average molecular weight is 469 g/mol. The van der Waals surface area contributed by atoms with E-state index in [1.807, 2.05) is 62.4 Å². The minimum atomic E-state index is -0.291. The number of amides is 2. The third kappa shape index (κ3) is 6.77. The SMILES string of the molecule is CCC(Sc1cccc(NC(=O)COc2ccccc2)c1)C(=O)Nc1cccc(Cl)c1C. The van der Waals surface area contributed by atoms with Crippen LogP contribution in [0.5, 0.6) is 5.75 Å². The fourth-order valence-corrected chi connectivity index (χ4v) is 4.14. The first-order valence-corrected chi connectivity index (χ1v) is 11.5. The molecule has 0 aliphatic rings. The van der Waals surface area contributed by atoms with Crippen LogP contribution in [0.1, 0.15) is 18.9 Å². The third-order valence-electron chi connectivity index (χ3n) is 4.70. The summed E-state index contributed by atoms with van der Waals surface area (Å²) in [4.78, 5) is 25.9. The predicted molar refractivity (Wildman–Crippen MR) is 132 cm³/mol. The van der Waals surface area contributed by atoms with Gasteiger partial charge in [-0.25, -0.2) is 0 Å². The Morgan fingerprint density at radius 2 is 1.75 bits per heavy atom. The van der Waals surface area contributed by atoms with Crippen molar-refractivity contribution in [3.8, 4) is 5.75 Å². The molecule has 1 unspecified atom stereocenters. The van der Waals surface area contributed by atoms with Crippen LogP contribution in [0.3, 0.4) is 0 Å². The number of hydrogen-bond donors (Lipinski definition) is 2. The zero-order chi connectivity index (χ0) is 22.9. The van der Waals surface area contributed by atoms with Crippen LogP contribution in [0.2, 0.25) is 5.02 Å². The Morgan fingerprint density at radius 3 is 2.50 bits per heavy atom. The van der Waals surface area contributed by atoms with E-state index in [1.165, 1.54) is 11.8 Å². The fraction of sp³-hybridized carbons (Fsp3) is 0.200. The van der Waals surface area contributed by atoms with E-state index in [0.29, 0.717) is 28.6 Å². The highest BCUT2D eigenvalue weighted by atomic mass is 35.5. The van der Waals surface area contributed by atoms with Crippen LogP contribution in [0, 0.1) is 6.92 Å². The summed E-state index contributed by atoms with van der Waals surface area (Å²) in [5.41, 5.74) is 2.20. The van der Waals surface area contributed by atoms with Gasteiger partial charge < -0.3 is 15.4 Å². The normalized spacial score (nSPS) is 11.5. The quantitative estimate of drug-likeness (QED) is 0.368. The van der Waals surface area contributed by atoms with Crippen LogP contribution in [0.4, 0.5) is 11.4 Å². The zero-order valence-corrected chi connectivity index (χ0v) is 19.5. The Balaban J connectivity index is 1.59. The van der Waals surface area contributed by atoms with Crippen molar-refractivity contribution in [3.05, 3.63) is 83.4 Å². The highest BCUT2D eigenvalue weighted by Crippen LogP contribution is 2.30. The number of para-hydroxylation sites is 1. The summed E-state index contributed by atoms with van der Waals surface area (Å²) >= 11 is 7.61. The van der Waals surface area contributed by atoms with Gasteiger partial charge in [0.15, 0.2) is 6.61 Å². The second-order valence-electron chi connectivity index (χ2n) is 7.09. The molecule has 0 saturated heterocycles. The lowest BCUT2D eigenvalue weighted by Gasteiger charge is -2.17. The monoisotopic (exact) mass is 468 g/mol. The van der Waals surface area contributed by atoms with Gasteiger partial charge in [-0.15, -0.1) is 11.8 Å². The lowest BCUT2D eigenvalue weighted by Crippen LogP contribution is -2.25. The van der Waals surface area contributed by atoms with Gasteiger partial charge in [-0.1, -0.05) is 48.9 Å². The molecule has 0 heterocycles. The largest absolute Gasteiger partial charge is 0.484 e. The molecule has 0 aliphatic heterocycles. The second kappa shape index (κ2) is 11.6. The molecule has 32 heavy (non-hydrogen) atoms. The summed E-state index contributed by atoms with van der Waals surface area (Å²) in [5, 5.41) is 6.13. The minimum absolute atomic E-state index is 0.0830. The Kier molecular flexibility index (Phi) is 8.59. The molecule has 2 amide bonds. The van der Waals surface area contributed by atoms with Crippen LogP contribution in [0.25, 0.3) is 0 Å². The standard InChI is InChI=1S/C25H25ClN2O3S/c1-3-23(25(30)28-22-14-8-13-21(26)17(22)2)32-20-12-7-9-18(15-20)27-24(29)16-31-19-10-5-4-6-11-19/h4-15,23H,3,16H2,1-2H3,(H,27,29)(H,28,30). The fourth-order valence-electron chi connectivity index (χ4n) is 2.95. The van der Waals surface area contributed by atoms with Crippen LogP contribution < -0.4 is 15.4 Å². The summed E-state index contributed by atoms with van der Waals surface area (Å²) in [6.07, 6.45) is 0.650. The number of nitrogens with one attached hydrogen (secondary N) is 2. The number of hydrogen-bond acceptors (Lipinski definition) is 4. The van der Waals surface area contributed by atoms with Gasteiger partial charge in [-0.05, 0) is 61.4 Å². The Hall–Kier alpha value is -2.96. The smallest absolute Gasteiger partial charge is 0.262 e. The number of ether oxygens (including phenoxy) is 1. The van der Waals surface area contributed by atoms with Gasteiger partial charge in [-0.2, -0.15) is 0 Å². The van der Waals surface area contributed by atoms with Gasteiger partial charge >= 0.3 is 0 Å². The van der Waals surface area contributed by atoms with E-state index in [-0.39, 0.29) is 23.7 Å². The van der Waals surface area contributed by atoms with Gasteiger partial charge in [0.05, 0.1) is 5.25 Å². The molecule has 0 fully saturated rings. The number of thioether (sulfide) groups is 1.